The largest absolute Gasteiger partial charge is 0.455 e. The first-order chi connectivity index (χ1) is 10.0. The highest BCUT2D eigenvalue weighted by atomic mass is 16.5. The van der Waals surface area contributed by atoms with Gasteiger partial charge in [0, 0.05) is 18.5 Å². The van der Waals surface area contributed by atoms with Crippen LogP contribution in [0.15, 0.2) is 21.1 Å². The topological polar surface area (TPSA) is 64.5 Å². The molecule has 1 saturated heterocycles. The van der Waals surface area contributed by atoms with E-state index in [1.54, 1.807) is 0 Å². The number of nitrogens with zero attached hydrogens (tertiary/aromatic N) is 3. The standard InChI is InChI=1S/C15H21N3O3/c1-15(2,3)14-16-13(21-17-14)12-5-4-11(20-12)10-18-6-8-19-9-7-18/h4-5H,6-10H2,1-3H3. The molecule has 21 heavy (non-hydrogen) atoms. The van der Waals surface area contributed by atoms with Gasteiger partial charge in [-0.2, -0.15) is 4.98 Å². The van der Waals surface area contributed by atoms with Crippen LogP contribution in [0.2, 0.25) is 0 Å². The Kier molecular flexibility index (Phi) is 3.82. The van der Waals surface area contributed by atoms with Crippen LogP contribution in [-0.4, -0.2) is 41.3 Å². The van der Waals surface area contributed by atoms with E-state index >= 15 is 0 Å². The smallest absolute Gasteiger partial charge is 0.293 e. The summed E-state index contributed by atoms with van der Waals surface area (Å²) in [5.74, 6) is 2.65. The normalized spacial score (nSPS) is 17.3. The van der Waals surface area contributed by atoms with Gasteiger partial charge < -0.3 is 13.7 Å². The molecule has 3 rings (SSSR count). The van der Waals surface area contributed by atoms with Crippen molar-refractivity contribution in [3.63, 3.8) is 0 Å². The molecule has 2 aromatic heterocycles. The zero-order chi connectivity index (χ0) is 14.9. The van der Waals surface area contributed by atoms with Crippen molar-refractivity contribution in [3.05, 3.63) is 23.7 Å². The van der Waals surface area contributed by atoms with Gasteiger partial charge in [0.25, 0.3) is 5.89 Å². The number of aromatic nitrogens is 2. The van der Waals surface area contributed by atoms with Crippen LogP contribution in [0.5, 0.6) is 0 Å². The predicted molar refractivity (Wildman–Crippen MR) is 76.8 cm³/mol. The number of morpholine rings is 1. The molecule has 0 amide bonds. The average molecular weight is 291 g/mol. The monoisotopic (exact) mass is 291 g/mol. The molecule has 1 aliphatic heterocycles. The van der Waals surface area contributed by atoms with Gasteiger partial charge >= 0.3 is 0 Å². The Morgan fingerprint density at radius 3 is 2.62 bits per heavy atom. The number of ether oxygens (including phenoxy) is 1. The summed E-state index contributed by atoms with van der Waals surface area (Å²) in [6, 6.07) is 3.85. The van der Waals surface area contributed by atoms with Crippen LogP contribution < -0.4 is 0 Å². The lowest BCUT2D eigenvalue weighted by molar-refractivity contribution is 0.0314. The van der Waals surface area contributed by atoms with Crippen LogP contribution in [0.3, 0.4) is 0 Å². The first kappa shape index (κ1) is 14.3. The van der Waals surface area contributed by atoms with Crippen molar-refractivity contribution in [2.24, 2.45) is 0 Å². The quantitative estimate of drug-likeness (QED) is 0.865. The van der Waals surface area contributed by atoms with Gasteiger partial charge in [-0.3, -0.25) is 4.90 Å². The predicted octanol–water partition coefficient (Wildman–Crippen LogP) is 2.46. The molecule has 0 spiro atoms. The summed E-state index contributed by atoms with van der Waals surface area (Å²) in [6.07, 6.45) is 0. The van der Waals surface area contributed by atoms with E-state index in [4.69, 9.17) is 13.7 Å². The van der Waals surface area contributed by atoms with E-state index in [9.17, 15) is 0 Å². The second-order valence-corrected chi connectivity index (χ2v) is 6.33. The summed E-state index contributed by atoms with van der Waals surface area (Å²) in [5.41, 5.74) is -0.134. The van der Waals surface area contributed by atoms with Crippen LogP contribution >= 0.6 is 0 Å². The fraction of sp³-hybridized carbons (Fsp3) is 0.600. The third-order valence-corrected chi connectivity index (χ3v) is 3.45. The van der Waals surface area contributed by atoms with Crippen LogP contribution in [0, 0.1) is 0 Å². The first-order valence-electron chi connectivity index (χ1n) is 7.26. The summed E-state index contributed by atoms with van der Waals surface area (Å²) >= 11 is 0. The summed E-state index contributed by atoms with van der Waals surface area (Å²) in [7, 11) is 0. The third-order valence-electron chi connectivity index (χ3n) is 3.45. The molecule has 6 nitrogen and oxygen atoms in total. The molecular formula is C15H21N3O3. The van der Waals surface area contributed by atoms with Crippen molar-refractivity contribution < 1.29 is 13.7 Å². The minimum absolute atomic E-state index is 0.134. The maximum atomic E-state index is 5.82. The SMILES string of the molecule is CC(C)(C)c1noc(-c2ccc(CN3CCOCC3)o2)n1. The van der Waals surface area contributed by atoms with Gasteiger partial charge in [0.1, 0.15) is 5.76 Å². The third kappa shape index (κ3) is 3.33. The van der Waals surface area contributed by atoms with Gasteiger partial charge in [-0.15, -0.1) is 0 Å². The van der Waals surface area contributed by atoms with Gasteiger partial charge in [0.15, 0.2) is 11.6 Å². The van der Waals surface area contributed by atoms with E-state index in [2.05, 4.69) is 15.0 Å². The Hall–Kier alpha value is -1.66. The van der Waals surface area contributed by atoms with Gasteiger partial charge in [-0.1, -0.05) is 25.9 Å². The maximum absolute atomic E-state index is 5.82. The number of rotatable bonds is 3. The van der Waals surface area contributed by atoms with Crippen LogP contribution in [-0.2, 0) is 16.7 Å². The van der Waals surface area contributed by atoms with Crippen LogP contribution in [0.1, 0.15) is 32.4 Å². The van der Waals surface area contributed by atoms with Gasteiger partial charge in [-0.05, 0) is 12.1 Å². The fourth-order valence-corrected chi connectivity index (χ4v) is 2.19. The summed E-state index contributed by atoms with van der Waals surface area (Å²) in [6.45, 7) is 10.4. The second-order valence-electron chi connectivity index (χ2n) is 6.33. The van der Waals surface area contributed by atoms with Crippen molar-refractivity contribution in [2.75, 3.05) is 26.3 Å². The van der Waals surface area contributed by atoms with Crippen LogP contribution in [0.4, 0.5) is 0 Å². The van der Waals surface area contributed by atoms with Gasteiger partial charge in [0.2, 0.25) is 0 Å². The zero-order valence-electron chi connectivity index (χ0n) is 12.8. The summed E-state index contributed by atoms with van der Waals surface area (Å²) < 4.78 is 16.5. The maximum Gasteiger partial charge on any atom is 0.293 e. The lowest BCUT2D eigenvalue weighted by Gasteiger charge is -2.25. The number of hydrogen-bond donors (Lipinski definition) is 0. The van der Waals surface area contributed by atoms with E-state index in [1.165, 1.54) is 0 Å². The molecule has 0 aromatic carbocycles. The van der Waals surface area contributed by atoms with Crippen molar-refractivity contribution in [1.82, 2.24) is 15.0 Å². The van der Waals surface area contributed by atoms with E-state index in [-0.39, 0.29) is 5.41 Å². The van der Waals surface area contributed by atoms with E-state index < -0.39 is 0 Å². The van der Waals surface area contributed by atoms with Crippen molar-refractivity contribution in [2.45, 2.75) is 32.7 Å². The molecular weight excluding hydrogens is 270 g/mol. The molecule has 0 saturated carbocycles. The average Bonchev–Trinajstić information content (AvgIpc) is 3.07. The summed E-state index contributed by atoms with van der Waals surface area (Å²) in [4.78, 5) is 6.71. The number of hydrogen-bond acceptors (Lipinski definition) is 6. The highest BCUT2D eigenvalue weighted by molar-refractivity contribution is 5.44. The van der Waals surface area contributed by atoms with Gasteiger partial charge in [0.05, 0.1) is 19.8 Å². The Balaban J connectivity index is 1.71. The van der Waals surface area contributed by atoms with Crippen molar-refractivity contribution >= 4 is 0 Å². The minimum atomic E-state index is -0.134. The van der Waals surface area contributed by atoms with Crippen LogP contribution in [0.25, 0.3) is 11.7 Å². The highest BCUT2D eigenvalue weighted by Gasteiger charge is 2.23. The lowest BCUT2D eigenvalue weighted by atomic mass is 9.96. The Morgan fingerprint density at radius 2 is 1.95 bits per heavy atom. The highest BCUT2D eigenvalue weighted by Crippen LogP contribution is 2.25. The van der Waals surface area contributed by atoms with E-state index in [0.717, 1.165) is 38.6 Å². The Morgan fingerprint density at radius 1 is 1.19 bits per heavy atom. The van der Waals surface area contributed by atoms with Crippen molar-refractivity contribution in [1.29, 1.82) is 0 Å². The molecule has 0 N–H and O–H groups in total. The first-order valence-corrected chi connectivity index (χ1v) is 7.26. The Labute approximate surface area is 124 Å². The minimum Gasteiger partial charge on any atom is -0.455 e. The second kappa shape index (κ2) is 5.61. The van der Waals surface area contributed by atoms with Crippen molar-refractivity contribution in [3.8, 4) is 11.7 Å². The van der Waals surface area contributed by atoms with Gasteiger partial charge in [-0.25, -0.2) is 0 Å². The molecule has 0 unspecified atom stereocenters. The molecule has 0 atom stereocenters. The molecule has 1 fully saturated rings. The molecule has 2 aromatic rings. The Bertz CT molecular complexity index is 591. The fourth-order valence-electron chi connectivity index (χ4n) is 2.19. The molecule has 0 radical (unpaired) electrons. The van der Waals surface area contributed by atoms with E-state index in [0.29, 0.717) is 17.5 Å². The zero-order valence-corrected chi connectivity index (χ0v) is 12.8. The molecule has 0 bridgehead atoms. The lowest BCUT2D eigenvalue weighted by Crippen LogP contribution is -2.35. The molecule has 114 valence electrons. The number of furan rings is 1. The molecule has 0 aliphatic carbocycles. The molecule has 1 aliphatic rings. The van der Waals surface area contributed by atoms with E-state index in [1.807, 2.05) is 32.9 Å². The summed E-state index contributed by atoms with van der Waals surface area (Å²) in [5, 5.41) is 4.02. The molecule has 3 heterocycles. The molecule has 6 heteroatoms.